The van der Waals surface area contributed by atoms with E-state index in [9.17, 15) is 0 Å². The summed E-state index contributed by atoms with van der Waals surface area (Å²) in [5, 5.41) is 13.5. The molecule has 0 spiro atoms. The first-order valence-corrected chi connectivity index (χ1v) is 14.1. The number of nitrogens with zero attached hydrogens (tertiary/aromatic N) is 8. The second-order valence-electron chi connectivity index (χ2n) is 9.96. The maximum absolute atomic E-state index is 5.74. The fourth-order valence-corrected chi connectivity index (χ4v) is 3.78. The summed E-state index contributed by atoms with van der Waals surface area (Å²) in [4.78, 5) is 28.8. The molecule has 8 N–H and O–H groups in total. The van der Waals surface area contributed by atoms with E-state index in [1.54, 1.807) is 0 Å². The molecule has 0 saturated heterocycles. The van der Waals surface area contributed by atoms with Crippen molar-refractivity contribution in [2.24, 2.45) is 0 Å². The average molecular weight is 583 g/mol. The van der Waals surface area contributed by atoms with Gasteiger partial charge in [0.05, 0.1) is 0 Å². The molecule has 0 aromatic carbocycles. The first kappa shape index (κ1) is 35.1. The van der Waals surface area contributed by atoms with E-state index >= 15 is 0 Å². The van der Waals surface area contributed by atoms with Gasteiger partial charge >= 0.3 is 0 Å². The fraction of sp³-hybridized carbons (Fsp3) is 0.760. The molecular weight excluding hydrogens is 532 g/mol. The number of unbranched alkanes of at least 4 members (excludes halogenated alkanes) is 6. The van der Waals surface area contributed by atoms with Crippen molar-refractivity contribution in [3.05, 3.63) is 0 Å². The smallest absolute Gasteiger partial charge is 0.231 e. The first-order valence-electron chi connectivity index (χ1n) is 14.1. The van der Waals surface area contributed by atoms with Crippen molar-refractivity contribution in [1.82, 2.24) is 40.5 Å². The van der Waals surface area contributed by atoms with Crippen LogP contribution in [0.15, 0.2) is 0 Å². The van der Waals surface area contributed by atoms with Crippen molar-refractivity contribution in [2.45, 2.75) is 57.8 Å². The number of rotatable bonds is 22. The third kappa shape index (κ3) is 15.6. The van der Waals surface area contributed by atoms with Crippen LogP contribution in [-0.4, -0.2) is 97.4 Å². The van der Waals surface area contributed by atoms with Gasteiger partial charge in [0.2, 0.25) is 35.7 Å². The predicted molar refractivity (Wildman–Crippen MR) is 169 cm³/mol. The Morgan fingerprint density at radius 2 is 0.825 bits per heavy atom. The Labute approximate surface area is 245 Å². The number of halogens is 1. The fourth-order valence-electron chi connectivity index (χ4n) is 3.78. The van der Waals surface area contributed by atoms with Gasteiger partial charge in [0.15, 0.2) is 0 Å². The third-order valence-electron chi connectivity index (χ3n) is 5.92. The van der Waals surface area contributed by atoms with Crippen molar-refractivity contribution in [1.29, 1.82) is 0 Å². The zero-order chi connectivity index (χ0) is 28.3. The molecule has 0 aliphatic carbocycles. The summed E-state index contributed by atoms with van der Waals surface area (Å²) in [5.74, 6) is 2.63. The largest absolute Gasteiger partial charge is 0.368 e. The lowest BCUT2D eigenvalue weighted by molar-refractivity contribution is 0.542. The topological polar surface area (TPSA) is 184 Å². The minimum Gasteiger partial charge on any atom is -0.368 e. The Bertz CT molecular complexity index is 857. The molecule has 14 nitrogen and oxygen atoms in total. The summed E-state index contributed by atoms with van der Waals surface area (Å²) < 4.78 is 0. The Morgan fingerprint density at radius 3 is 1.20 bits per heavy atom. The monoisotopic (exact) mass is 582 g/mol. The molecule has 0 bridgehead atoms. The summed E-state index contributed by atoms with van der Waals surface area (Å²) in [6.07, 6.45) is 11.0. The van der Waals surface area contributed by atoms with Gasteiger partial charge in [-0.3, -0.25) is 0 Å². The Morgan fingerprint density at radius 1 is 0.475 bits per heavy atom. The summed E-state index contributed by atoms with van der Waals surface area (Å²) in [6, 6.07) is 0. The lowest BCUT2D eigenvalue weighted by Crippen LogP contribution is -2.20. The van der Waals surface area contributed by atoms with Crippen molar-refractivity contribution in [3.8, 4) is 0 Å². The summed E-state index contributed by atoms with van der Waals surface area (Å²) in [6.45, 7) is 5.67. The van der Waals surface area contributed by atoms with Gasteiger partial charge in [0.1, 0.15) is 0 Å². The van der Waals surface area contributed by atoms with E-state index in [4.69, 9.17) is 11.5 Å². The van der Waals surface area contributed by atoms with Crippen LogP contribution in [0, 0.1) is 0 Å². The quantitative estimate of drug-likeness (QED) is 0.111. The van der Waals surface area contributed by atoms with Crippen LogP contribution < -0.4 is 42.5 Å². The standard InChI is InChI=1S/C25H50N14.ClH/c1-38(2)24-34-20(26)32-22(36-24)30-18-12-16-28-14-10-8-6-5-7-9-11-15-29-17-13-19-31-23-33-21(27)35-25(37-23)39(3)4;/h28-29H,5-19H2,1-4H3,(H3,26,30,32,34,36)(H3,27,31,33,35,37);1H. The highest BCUT2D eigenvalue weighted by atomic mass is 35.5. The van der Waals surface area contributed by atoms with Crippen LogP contribution in [0.3, 0.4) is 0 Å². The van der Waals surface area contributed by atoms with Gasteiger partial charge in [-0.2, -0.15) is 29.9 Å². The highest BCUT2D eigenvalue weighted by Gasteiger charge is 2.06. The van der Waals surface area contributed by atoms with Gasteiger partial charge < -0.3 is 42.5 Å². The van der Waals surface area contributed by atoms with Crippen LogP contribution in [0.5, 0.6) is 0 Å². The Balaban J connectivity index is 0.00000800. The molecule has 40 heavy (non-hydrogen) atoms. The van der Waals surface area contributed by atoms with Gasteiger partial charge in [0, 0.05) is 41.3 Å². The van der Waals surface area contributed by atoms with Crippen LogP contribution in [-0.2, 0) is 0 Å². The number of hydrogen-bond donors (Lipinski definition) is 6. The molecule has 0 radical (unpaired) electrons. The van der Waals surface area contributed by atoms with E-state index in [1.807, 2.05) is 38.0 Å². The molecule has 0 saturated carbocycles. The molecule has 228 valence electrons. The SMILES string of the molecule is CN(C)c1nc(N)nc(NCCCNCCCCCCCCCNCCCNc2nc(N)nc(N(C)C)n2)n1.Cl. The predicted octanol–water partition coefficient (Wildman–Crippen LogP) is 1.99. The average Bonchev–Trinajstić information content (AvgIpc) is 2.89. The third-order valence-corrected chi connectivity index (χ3v) is 5.92. The molecule has 2 rings (SSSR count). The van der Waals surface area contributed by atoms with E-state index in [0.717, 1.165) is 52.1 Å². The number of anilines is 6. The molecule has 2 heterocycles. The molecule has 2 aromatic heterocycles. The number of nitrogen functional groups attached to an aromatic ring is 2. The van der Waals surface area contributed by atoms with Crippen molar-refractivity contribution in [2.75, 3.05) is 99.4 Å². The van der Waals surface area contributed by atoms with Crippen LogP contribution in [0.2, 0.25) is 0 Å². The van der Waals surface area contributed by atoms with Crippen molar-refractivity contribution in [3.63, 3.8) is 0 Å². The van der Waals surface area contributed by atoms with Gasteiger partial charge in [-0.15, -0.1) is 12.4 Å². The molecule has 0 aliphatic heterocycles. The summed E-state index contributed by atoms with van der Waals surface area (Å²) in [5.41, 5.74) is 11.5. The number of aromatic nitrogens is 6. The highest BCUT2D eigenvalue weighted by Crippen LogP contribution is 2.10. The maximum Gasteiger partial charge on any atom is 0.231 e. The van der Waals surface area contributed by atoms with Crippen molar-refractivity contribution >= 4 is 48.1 Å². The lowest BCUT2D eigenvalue weighted by Gasteiger charge is -2.12. The zero-order valence-electron chi connectivity index (χ0n) is 24.7. The minimum absolute atomic E-state index is 0. The normalized spacial score (nSPS) is 10.7. The molecule has 0 amide bonds. The molecule has 15 heteroatoms. The Kier molecular flexibility index (Phi) is 18.3. The molecule has 0 unspecified atom stereocenters. The second kappa shape index (κ2) is 20.9. The van der Waals surface area contributed by atoms with Gasteiger partial charge in [-0.25, -0.2) is 0 Å². The highest BCUT2D eigenvalue weighted by molar-refractivity contribution is 5.85. The maximum atomic E-state index is 5.74. The van der Waals surface area contributed by atoms with Gasteiger partial charge in [-0.05, 0) is 51.9 Å². The van der Waals surface area contributed by atoms with Crippen LogP contribution in [0.25, 0.3) is 0 Å². The van der Waals surface area contributed by atoms with E-state index in [-0.39, 0.29) is 24.3 Å². The van der Waals surface area contributed by atoms with E-state index in [0.29, 0.717) is 23.8 Å². The van der Waals surface area contributed by atoms with Crippen molar-refractivity contribution < 1.29 is 0 Å². The number of nitrogens with one attached hydrogen (secondary N) is 4. The minimum atomic E-state index is 0. The Hall–Kier alpha value is -2.97. The molecule has 0 aliphatic rings. The molecule has 0 atom stereocenters. The van der Waals surface area contributed by atoms with E-state index < -0.39 is 0 Å². The van der Waals surface area contributed by atoms with Gasteiger partial charge in [0.25, 0.3) is 0 Å². The first-order chi connectivity index (χ1) is 18.8. The van der Waals surface area contributed by atoms with E-state index in [2.05, 4.69) is 51.2 Å². The van der Waals surface area contributed by atoms with Crippen LogP contribution >= 0.6 is 12.4 Å². The second-order valence-corrected chi connectivity index (χ2v) is 9.96. The molecule has 2 aromatic rings. The van der Waals surface area contributed by atoms with Gasteiger partial charge in [-0.1, -0.05) is 32.1 Å². The van der Waals surface area contributed by atoms with Crippen LogP contribution in [0.1, 0.15) is 57.8 Å². The summed E-state index contributed by atoms with van der Waals surface area (Å²) in [7, 11) is 7.51. The van der Waals surface area contributed by atoms with E-state index in [1.165, 1.54) is 44.9 Å². The molecule has 0 fully saturated rings. The zero-order valence-corrected chi connectivity index (χ0v) is 25.6. The molecular formula is C25H51ClN14. The number of nitrogens with two attached hydrogens (primary N) is 2. The van der Waals surface area contributed by atoms with Crippen LogP contribution in [0.4, 0.5) is 35.7 Å². The summed E-state index contributed by atoms with van der Waals surface area (Å²) >= 11 is 0. The number of hydrogen-bond acceptors (Lipinski definition) is 14. The lowest BCUT2D eigenvalue weighted by atomic mass is 10.1.